The van der Waals surface area contributed by atoms with Crippen molar-refractivity contribution in [1.82, 2.24) is 24.9 Å². The molecule has 9 rings (SSSR count). The quantitative estimate of drug-likeness (QED) is 0.169. The third-order valence-corrected chi connectivity index (χ3v) is 9.30. The van der Waals surface area contributed by atoms with Crippen molar-refractivity contribution in [3.05, 3.63) is 189 Å². The molecule has 0 aliphatic rings. The van der Waals surface area contributed by atoms with E-state index in [9.17, 15) is 0 Å². The Hall–Kier alpha value is -7.11. The van der Waals surface area contributed by atoms with Crippen molar-refractivity contribution in [2.24, 2.45) is 0 Å². The zero-order chi connectivity index (χ0) is 34.7. The first-order chi connectivity index (χ1) is 25.7. The summed E-state index contributed by atoms with van der Waals surface area (Å²) < 4.78 is 0. The van der Waals surface area contributed by atoms with Crippen LogP contribution in [0.2, 0.25) is 0 Å². The highest BCUT2D eigenvalue weighted by atomic mass is 14.9. The van der Waals surface area contributed by atoms with E-state index in [0.29, 0.717) is 11.6 Å². The molecule has 9 aromatic rings. The molecule has 6 aromatic carbocycles. The highest BCUT2D eigenvalue weighted by Gasteiger charge is 2.16. The van der Waals surface area contributed by atoms with Crippen LogP contribution >= 0.6 is 0 Å². The first-order valence-electron chi connectivity index (χ1n) is 17.2. The molecule has 0 bridgehead atoms. The van der Waals surface area contributed by atoms with Crippen LogP contribution in [-0.4, -0.2) is 24.9 Å². The monoisotopic (exact) mass is 665 g/mol. The van der Waals surface area contributed by atoms with Crippen molar-refractivity contribution < 1.29 is 0 Å². The van der Waals surface area contributed by atoms with Gasteiger partial charge in [0.05, 0.1) is 11.2 Å². The van der Waals surface area contributed by atoms with Gasteiger partial charge in [-0.2, -0.15) is 0 Å². The number of aromatic nitrogens is 5. The molecule has 0 unspecified atom stereocenters. The lowest BCUT2D eigenvalue weighted by molar-refractivity contribution is 1.18. The predicted octanol–water partition coefficient (Wildman–Crippen LogP) is 11.5. The molecule has 3 aromatic heterocycles. The predicted molar refractivity (Wildman–Crippen MR) is 211 cm³/mol. The number of hydrogen-bond acceptors (Lipinski definition) is 5. The van der Waals surface area contributed by atoms with Gasteiger partial charge in [0.25, 0.3) is 0 Å². The molecule has 52 heavy (non-hydrogen) atoms. The molecule has 0 saturated heterocycles. The lowest BCUT2D eigenvalue weighted by atomic mass is 9.94. The standard InChI is InChI=1S/C47H31N5/c1-3-9-32(10-4-1)38-22-23-44-43(30-38)45(36-11-5-2-6-12-36)52-47(51-44)42-28-40(34-16-14-33(15-17-34)39-13-7-24-48-31-39)27-41(29-42)35-18-20-37(21-19-35)46-49-25-8-26-50-46/h1-31H. The maximum Gasteiger partial charge on any atom is 0.160 e. The third-order valence-electron chi connectivity index (χ3n) is 9.30. The number of fused-ring (bicyclic) bond motifs is 1. The van der Waals surface area contributed by atoms with Crippen LogP contribution in [0.5, 0.6) is 0 Å². The minimum absolute atomic E-state index is 0.670. The molecule has 0 atom stereocenters. The minimum Gasteiger partial charge on any atom is -0.264 e. The average Bonchev–Trinajstić information content (AvgIpc) is 3.24. The molecular formula is C47H31N5. The van der Waals surface area contributed by atoms with E-state index in [0.717, 1.165) is 77.8 Å². The minimum atomic E-state index is 0.670. The Bertz CT molecular complexity index is 2530. The van der Waals surface area contributed by atoms with Gasteiger partial charge in [-0.25, -0.2) is 19.9 Å². The van der Waals surface area contributed by atoms with Crippen molar-refractivity contribution in [2.75, 3.05) is 0 Å². The zero-order valence-corrected chi connectivity index (χ0v) is 28.1. The highest BCUT2D eigenvalue weighted by molar-refractivity contribution is 5.96. The summed E-state index contributed by atoms with van der Waals surface area (Å²) in [7, 11) is 0. The van der Waals surface area contributed by atoms with Crippen LogP contribution in [-0.2, 0) is 0 Å². The van der Waals surface area contributed by atoms with Crippen molar-refractivity contribution in [3.63, 3.8) is 0 Å². The lowest BCUT2D eigenvalue weighted by Gasteiger charge is -2.14. The molecule has 5 nitrogen and oxygen atoms in total. The molecule has 3 heterocycles. The first kappa shape index (κ1) is 30.9. The molecule has 0 fully saturated rings. The second-order valence-electron chi connectivity index (χ2n) is 12.6. The molecule has 0 aliphatic carbocycles. The van der Waals surface area contributed by atoms with Gasteiger partial charge in [0, 0.05) is 46.9 Å². The summed E-state index contributed by atoms with van der Waals surface area (Å²) in [6.45, 7) is 0. The van der Waals surface area contributed by atoms with Crippen molar-refractivity contribution in [2.45, 2.75) is 0 Å². The smallest absolute Gasteiger partial charge is 0.160 e. The van der Waals surface area contributed by atoms with E-state index in [2.05, 4.69) is 154 Å². The van der Waals surface area contributed by atoms with Gasteiger partial charge in [0.1, 0.15) is 0 Å². The molecule has 244 valence electrons. The molecule has 5 heteroatoms. The van der Waals surface area contributed by atoms with Gasteiger partial charge in [-0.3, -0.25) is 4.98 Å². The molecule has 0 saturated carbocycles. The summed E-state index contributed by atoms with van der Waals surface area (Å²) in [4.78, 5) is 23.7. The fraction of sp³-hybridized carbons (Fsp3) is 0. The van der Waals surface area contributed by atoms with E-state index in [4.69, 9.17) is 9.97 Å². The fourth-order valence-corrected chi connectivity index (χ4v) is 6.62. The summed E-state index contributed by atoms with van der Waals surface area (Å²) in [5, 5.41) is 1.01. The Labute approximate surface area is 302 Å². The summed E-state index contributed by atoms with van der Waals surface area (Å²) in [5.41, 5.74) is 13.5. The maximum absolute atomic E-state index is 5.32. The fourth-order valence-electron chi connectivity index (χ4n) is 6.62. The molecule has 0 amide bonds. The zero-order valence-electron chi connectivity index (χ0n) is 28.1. The van der Waals surface area contributed by atoms with E-state index >= 15 is 0 Å². The largest absolute Gasteiger partial charge is 0.264 e. The topological polar surface area (TPSA) is 64.5 Å². The Balaban J connectivity index is 1.20. The van der Waals surface area contributed by atoms with Gasteiger partial charge in [-0.15, -0.1) is 0 Å². The Morgan fingerprint density at radius 1 is 0.308 bits per heavy atom. The van der Waals surface area contributed by atoms with E-state index < -0.39 is 0 Å². The van der Waals surface area contributed by atoms with E-state index in [1.807, 2.05) is 30.5 Å². The summed E-state index contributed by atoms with van der Waals surface area (Å²) in [6.07, 6.45) is 7.22. The molecule has 0 N–H and O–H groups in total. The lowest BCUT2D eigenvalue weighted by Crippen LogP contribution is -1.97. The molecular weight excluding hydrogens is 635 g/mol. The van der Waals surface area contributed by atoms with Crippen LogP contribution in [0, 0.1) is 0 Å². The van der Waals surface area contributed by atoms with Crippen LogP contribution in [0.1, 0.15) is 0 Å². The second-order valence-corrected chi connectivity index (χ2v) is 12.6. The van der Waals surface area contributed by atoms with Crippen molar-refractivity contribution in [1.29, 1.82) is 0 Å². The Morgan fingerprint density at radius 2 is 0.846 bits per heavy atom. The molecule has 0 spiro atoms. The van der Waals surface area contributed by atoms with Gasteiger partial charge in [0.2, 0.25) is 0 Å². The Morgan fingerprint density at radius 3 is 1.48 bits per heavy atom. The van der Waals surface area contributed by atoms with Crippen molar-refractivity contribution in [3.8, 4) is 78.5 Å². The average molecular weight is 666 g/mol. The molecule has 0 aliphatic heterocycles. The van der Waals surface area contributed by atoms with Gasteiger partial charge < -0.3 is 0 Å². The molecule has 0 radical (unpaired) electrons. The summed E-state index contributed by atoms with van der Waals surface area (Å²) in [6, 6.07) is 56.8. The van der Waals surface area contributed by atoms with Gasteiger partial charge in [0.15, 0.2) is 11.6 Å². The van der Waals surface area contributed by atoms with Crippen LogP contribution < -0.4 is 0 Å². The van der Waals surface area contributed by atoms with Crippen LogP contribution in [0.3, 0.4) is 0 Å². The van der Waals surface area contributed by atoms with Crippen LogP contribution in [0.15, 0.2) is 189 Å². The highest BCUT2D eigenvalue weighted by Crippen LogP contribution is 2.36. The SMILES string of the molecule is c1ccc(-c2ccc3nc(-c4cc(-c5ccc(-c6cccnc6)cc5)cc(-c5ccc(-c6ncccn6)cc5)c4)nc(-c4ccccc4)c3c2)cc1. The number of benzene rings is 6. The number of rotatable bonds is 7. The number of nitrogens with zero attached hydrogens (tertiary/aromatic N) is 5. The van der Waals surface area contributed by atoms with Crippen LogP contribution in [0.4, 0.5) is 0 Å². The number of hydrogen-bond donors (Lipinski definition) is 0. The normalized spacial score (nSPS) is 11.1. The van der Waals surface area contributed by atoms with Gasteiger partial charge in [-0.05, 0) is 87.0 Å². The number of pyridine rings is 1. The van der Waals surface area contributed by atoms with Crippen molar-refractivity contribution >= 4 is 10.9 Å². The van der Waals surface area contributed by atoms with E-state index in [1.54, 1.807) is 18.6 Å². The third kappa shape index (κ3) is 6.23. The summed E-state index contributed by atoms with van der Waals surface area (Å²) in [5.74, 6) is 1.37. The first-order valence-corrected chi connectivity index (χ1v) is 17.2. The second kappa shape index (κ2) is 13.7. The van der Waals surface area contributed by atoms with Gasteiger partial charge in [-0.1, -0.05) is 121 Å². The van der Waals surface area contributed by atoms with Gasteiger partial charge >= 0.3 is 0 Å². The van der Waals surface area contributed by atoms with E-state index in [-0.39, 0.29) is 0 Å². The summed E-state index contributed by atoms with van der Waals surface area (Å²) >= 11 is 0. The maximum atomic E-state index is 5.32. The Kier molecular flexibility index (Phi) is 8.12. The van der Waals surface area contributed by atoms with Crippen LogP contribution in [0.25, 0.3) is 89.4 Å². The van der Waals surface area contributed by atoms with E-state index in [1.165, 1.54) is 0 Å².